The van der Waals surface area contributed by atoms with Gasteiger partial charge in [-0.05, 0) is 0 Å². The quantitative estimate of drug-likeness (QED) is 0.565. The van der Waals surface area contributed by atoms with Crippen LogP contribution in [0.2, 0.25) is 0 Å². The maximum absolute atomic E-state index is 5.44. The van der Waals surface area contributed by atoms with Crippen LogP contribution in [0.4, 0.5) is 0 Å². The van der Waals surface area contributed by atoms with Gasteiger partial charge >= 0.3 is 0 Å². The van der Waals surface area contributed by atoms with Gasteiger partial charge in [-0.15, -0.1) is 0 Å². The third kappa shape index (κ3) is 496. The van der Waals surface area contributed by atoms with E-state index in [2.05, 4.69) is 40.2 Å². The molecule has 0 bridgehead atoms. The van der Waals surface area contributed by atoms with Crippen LogP contribution in [0.3, 0.4) is 0 Å². The molecular formula is C3H27N3S3. The molecular weight excluding hydrogens is 174 g/mol. The minimum absolute atomic E-state index is 0. The van der Waals surface area contributed by atoms with Gasteiger partial charge in [-0.25, -0.2) is 0 Å². The Morgan fingerprint density at radius 3 is 0.556 bits per heavy atom. The van der Waals surface area contributed by atoms with Crippen LogP contribution >= 0.6 is 40.2 Å². The lowest BCUT2D eigenvalue weighted by Crippen LogP contribution is -0.482. The fraction of sp³-hybridized carbons (Fsp3) is 1.00. The molecule has 3 nitrogen and oxygen atoms in total. The Bertz CT molecular complexity index is 24.0. The van der Waals surface area contributed by atoms with E-state index in [0.29, 0.717) is 0 Å². The van der Waals surface area contributed by atoms with Gasteiger partial charge in [-0.3, -0.25) is 0 Å². The highest BCUT2D eigenvalue weighted by molar-refractivity contribution is 7.59. The number of hydrogen-bond acceptors (Lipinski definition) is 3. The third-order valence-corrected chi connectivity index (χ3v) is 0. The van der Waals surface area contributed by atoms with Crippen molar-refractivity contribution in [1.82, 2.24) is 18.5 Å². The van der Waals surface area contributed by atoms with Crippen molar-refractivity contribution in [2.75, 3.05) is 0 Å². The van der Waals surface area contributed by atoms with Crippen LogP contribution < -0.4 is 18.5 Å². The van der Waals surface area contributed by atoms with Crippen LogP contribution in [0.1, 0.15) is 22.3 Å². The molecule has 0 fully saturated rings. The molecule has 0 unspecified atom stereocenters. The zero-order valence-electron chi connectivity index (χ0n) is 6.46. The molecule has 0 aliphatic heterocycles. The van der Waals surface area contributed by atoms with Gasteiger partial charge in [-0.1, -0.05) is 22.3 Å². The summed E-state index contributed by atoms with van der Waals surface area (Å²) in [5.41, 5.74) is 0. The van der Waals surface area contributed by atoms with Crippen molar-refractivity contribution in [3.8, 4) is 0 Å². The first kappa shape index (κ1) is 51.3. The van der Waals surface area contributed by atoms with E-state index in [4.69, 9.17) is 3.37 Å². The van der Waals surface area contributed by atoms with Crippen molar-refractivity contribution in [2.24, 2.45) is 0 Å². The minimum Gasteiger partial charge on any atom is -0.344 e. The van der Waals surface area contributed by atoms with Crippen LogP contribution in [0.15, 0.2) is 0 Å². The molecule has 0 aromatic heterocycles. The lowest BCUT2D eigenvalue weighted by Gasteiger charge is -0.345. The van der Waals surface area contributed by atoms with E-state index in [1.54, 1.807) is 0 Å². The second-order valence-electron chi connectivity index (χ2n) is 0. The van der Waals surface area contributed by atoms with Crippen LogP contribution in [-0.4, -0.2) is 3.37 Å². The standard InChI is InChI=1S/3CH4.3H3N.3H2S/h3*1H4;3*1H3;3*1H2/i/hD3. The molecule has 0 rings (SSSR count). The van der Waals surface area contributed by atoms with Crippen molar-refractivity contribution in [1.29, 1.82) is 3.37 Å². The summed E-state index contributed by atoms with van der Waals surface area (Å²) in [5, 5.41) is 0. The SMILES string of the molecule is C.C.C.N.N.N.[2H]S.[2H]S.[2H]S. The van der Waals surface area contributed by atoms with Crippen molar-refractivity contribution in [2.45, 2.75) is 22.3 Å². The molecule has 0 saturated heterocycles. The summed E-state index contributed by atoms with van der Waals surface area (Å²) in [7, 11) is 0. The second-order valence-corrected chi connectivity index (χ2v) is 0. The smallest absolute Gasteiger partial charge is 0.0985 e. The molecule has 0 aromatic carbocycles. The van der Waals surface area contributed by atoms with Crippen LogP contribution in [0.5, 0.6) is 0 Å². The highest BCUT2D eigenvalue weighted by Crippen LogP contribution is 0.650. The highest BCUT2D eigenvalue weighted by Gasteiger charge is -0.0754. The molecule has 0 aliphatic rings. The topological polar surface area (TPSA) is 105 Å². The van der Waals surface area contributed by atoms with Crippen LogP contribution in [0.25, 0.3) is 0 Å². The van der Waals surface area contributed by atoms with Gasteiger partial charge in [0.2, 0.25) is 0 Å². The molecule has 0 amide bonds. The van der Waals surface area contributed by atoms with Gasteiger partial charge in [0, 0.05) is 0 Å². The molecule has 72 valence electrons. The first-order valence-electron chi connectivity index (χ1n) is 1.34. The van der Waals surface area contributed by atoms with Crippen molar-refractivity contribution < 1.29 is 0 Å². The average Bonchev–Trinajstić information content (AvgIpc) is 1.81. The molecule has 0 aliphatic carbocycles. The highest BCUT2D eigenvalue weighted by atomic mass is 32.1. The van der Waals surface area contributed by atoms with E-state index in [1.165, 1.54) is 0 Å². The molecule has 6 heteroatoms. The summed E-state index contributed by atoms with van der Waals surface area (Å²) in [6, 6.07) is 0. The van der Waals surface area contributed by atoms with E-state index >= 15 is 0 Å². The Morgan fingerprint density at radius 2 is 0.556 bits per heavy atom. The first-order chi connectivity index (χ1) is 3.00. The van der Waals surface area contributed by atoms with Gasteiger partial charge in [0.15, 0.2) is 0 Å². The number of rotatable bonds is 0. The van der Waals surface area contributed by atoms with Crippen molar-refractivity contribution >= 4 is 40.2 Å². The second kappa shape index (κ2) is 649. The largest absolute Gasteiger partial charge is 0.344 e. The maximum Gasteiger partial charge on any atom is 0.0985 e. The Balaban J connectivity index is -0.00000000129. The maximum atomic E-state index is 5.44. The first-order valence-corrected chi connectivity index (χ1v) is 0. The summed E-state index contributed by atoms with van der Waals surface area (Å²) in [6.45, 7) is 0. The normalized spacial score (nSPS) is 2.33. The Labute approximate surface area is 84.7 Å². The molecule has 0 aromatic rings. The monoisotopic (exact) mass is 204 g/mol. The molecule has 0 saturated carbocycles. The predicted octanol–water partition coefficient (Wildman–Crippen LogP) is 2.73. The van der Waals surface area contributed by atoms with Gasteiger partial charge in [0.1, 0.15) is 0 Å². The summed E-state index contributed by atoms with van der Waals surface area (Å²) < 4.78 is 16.3. The fourth-order valence-electron chi connectivity index (χ4n) is 0. The molecule has 0 atom stereocenters. The van der Waals surface area contributed by atoms with Gasteiger partial charge < -0.3 is 18.5 Å². The Morgan fingerprint density at radius 1 is 0.556 bits per heavy atom. The molecule has 0 heterocycles. The van der Waals surface area contributed by atoms with E-state index in [9.17, 15) is 0 Å². The lowest BCUT2D eigenvalue weighted by atomic mass is 12.0. The minimum atomic E-state index is 0. The zero-order valence-corrected chi connectivity index (χ0v) is 6.15. The molecule has 0 spiro atoms. The summed E-state index contributed by atoms with van der Waals surface area (Å²) in [4.78, 5) is 0. The van der Waals surface area contributed by atoms with E-state index in [-0.39, 0.29) is 40.7 Å². The van der Waals surface area contributed by atoms with Gasteiger partial charge in [0.25, 0.3) is 0 Å². The Kier molecular flexibility index (Phi) is 3700. The predicted molar refractivity (Wildman–Crippen MR) is 66.4 cm³/mol. The third-order valence-electron chi connectivity index (χ3n) is 0. The molecule has 0 radical (unpaired) electrons. The number of hydrogen-bond donors (Lipinski definition) is 3. The summed E-state index contributed by atoms with van der Waals surface area (Å²) >= 11 is 8.33. The van der Waals surface area contributed by atoms with E-state index in [0.717, 1.165) is 0 Å². The zero-order chi connectivity index (χ0) is 6.00. The van der Waals surface area contributed by atoms with Crippen LogP contribution in [0, 0.1) is 0 Å². The average molecular weight is 204 g/mol. The molecule has 9 N–H and O–H groups in total. The van der Waals surface area contributed by atoms with E-state index in [1.807, 2.05) is 0 Å². The Hall–Kier alpha value is 0.930. The van der Waals surface area contributed by atoms with Crippen molar-refractivity contribution in [3.63, 3.8) is 0 Å². The van der Waals surface area contributed by atoms with Gasteiger partial charge in [0.05, 0.1) is 3.37 Å². The van der Waals surface area contributed by atoms with E-state index < -0.39 is 0 Å². The van der Waals surface area contributed by atoms with Crippen LogP contribution in [-0.2, 0) is 0 Å². The summed E-state index contributed by atoms with van der Waals surface area (Å²) in [6.07, 6.45) is 0. The fourth-order valence-corrected chi connectivity index (χ4v) is 0. The lowest BCUT2D eigenvalue weighted by molar-refractivity contribution is 2.13. The summed E-state index contributed by atoms with van der Waals surface area (Å²) in [5.74, 6) is 0. The van der Waals surface area contributed by atoms with Crippen molar-refractivity contribution in [3.05, 3.63) is 0 Å². The van der Waals surface area contributed by atoms with Gasteiger partial charge in [-0.2, -0.15) is 40.2 Å². The molecule has 9 heavy (non-hydrogen) atoms.